The molecule has 8 unspecified atom stereocenters. The zero-order valence-electron chi connectivity index (χ0n) is 12.9. The van der Waals surface area contributed by atoms with Gasteiger partial charge in [-0.2, -0.15) is 0 Å². The van der Waals surface area contributed by atoms with Gasteiger partial charge in [0.1, 0.15) is 0 Å². The van der Waals surface area contributed by atoms with Crippen molar-refractivity contribution in [2.24, 2.45) is 5.73 Å². The van der Waals surface area contributed by atoms with Crippen LogP contribution >= 0.6 is 35.0 Å². The van der Waals surface area contributed by atoms with Crippen molar-refractivity contribution in [2.45, 2.75) is 34.3 Å². The molecule has 0 fully saturated rings. The minimum absolute atomic E-state index is 0.0444. The number of hydrogen-bond acceptors (Lipinski definition) is 1. The second-order valence-electron chi connectivity index (χ2n) is 5.06. The molecule has 0 aromatic rings. The molecule has 0 saturated heterocycles. The van der Waals surface area contributed by atoms with E-state index in [2.05, 4.69) is 9.24 Å². The Bertz CT molecular complexity index is 278. The maximum atomic E-state index is 6.10. The summed E-state index contributed by atoms with van der Waals surface area (Å²) in [7, 11) is 42.7. The van der Waals surface area contributed by atoms with Crippen LogP contribution in [0.1, 0.15) is 12.8 Å². The topological polar surface area (TPSA) is 26.0 Å². The summed E-state index contributed by atoms with van der Waals surface area (Å²) in [5, 5.41) is 0.464. The van der Waals surface area contributed by atoms with Crippen LogP contribution in [-0.2, 0) is 0 Å². The van der Waals surface area contributed by atoms with E-state index >= 15 is 0 Å². The molecule has 2 N–H and O–H groups in total. The SMILES string of the molecule is [B][B]B([B])C(CCCN)PC(PC([B][B])PC([B])P)B([B])[B]. The molecule has 100 valence electrons. The third kappa shape index (κ3) is 11.0. The number of rotatable bonds is 13. The highest BCUT2D eigenvalue weighted by Gasteiger charge is 2.25. The van der Waals surface area contributed by atoms with Crippen LogP contribution in [0.25, 0.3) is 0 Å². The molecular weight excluding hydrogens is 330 g/mol. The predicted molar refractivity (Wildman–Crippen MR) is 126 cm³/mol. The highest BCUT2D eigenvalue weighted by Crippen LogP contribution is 2.48. The van der Waals surface area contributed by atoms with Gasteiger partial charge in [0, 0.05) is 45.7 Å². The molecule has 0 rings (SSSR count). The van der Waals surface area contributed by atoms with Crippen LogP contribution in [0.3, 0.4) is 0 Å². The minimum atomic E-state index is -0.394. The zero-order chi connectivity index (χ0) is 17.1. The Kier molecular flexibility index (Phi) is 16.0. The lowest BCUT2D eigenvalue weighted by Crippen LogP contribution is -2.39. The largest absolute Gasteiger partial charge is 0.330 e. The third-order valence-corrected chi connectivity index (χ3v) is 9.76. The summed E-state index contributed by atoms with van der Waals surface area (Å²) in [6.07, 6.45) is 1.85. The van der Waals surface area contributed by atoms with Gasteiger partial charge < -0.3 is 5.73 Å². The Morgan fingerprint density at radius 3 is 2.18 bits per heavy atom. The Balaban J connectivity index is 4.74. The lowest BCUT2D eigenvalue weighted by atomic mass is 9.03. The van der Waals surface area contributed by atoms with Crippen LogP contribution in [-0.4, -0.2) is 102 Å². The van der Waals surface area contributed by atoms with E-state index in [1.165, 1.54) is 0 Å². The van der Waals surface area contributed by atoms with E-state index in [0.717, 1.165) is 12.8 Å². The normalized spacial score (nSPS) is 17.9. The fraction of sp³-hybridized carbons (Fsp3) is 1.00. The average Bonchev–Trinajstić information content (AvgIpc) is 2.47. The molecule has 0 aromatic carbocycles. The van der Waals surface area contributed by atoms with Gasteiger partial charge in [0.2, 0.25) is 0 Å². The van der Waals surface area contributed by atoms with Gasteiger partial charge in [0.25, 0.3) is 0 Å². The molecular formula is C7H17B10NP4. The van der Waals surface area contributed by atoms with Crippen molar-refractivity contribution in [3.63, 3.8) is 0 Å². The van der Waals surface area contributed by atoms with Crippen molar-refractivity contribution >= 4 is 109 Å². The van der Waals surface area contributed by atoms with E-state index in [1.54, 1.807) is 14.2 Å². The molecule has 14 radical (unpaired) electrons. The van der Waals surface area contributed by atoms with Crippen molar-refractivity contribution in [3.05, 3.63) is 0 Å². The molecule has 15 heteroatoms. The van der Waals surface area contributed by atoms with Crippen molar-refractivity contribution < 1.29 is 0 Å². The summed E-state index contributed by atoms with van der Waals surface area (Å²) >= 11 is 0. The van der Waals surface area contributed by atoms with E-state index < -0.39 is 6.49 Å². The first-order chi connectivity index (χ1) is 10.3. The molecule has 0 spiro atoms. The summed E-state index contributed by atoms with van der Waals surface area (Å²) in [5.41, 5.74) is 5.86. The van der Waals surface area contributed by atoms with Crippen molar-refractivity contribution in [2.75, 3.05) is 6.54 Å². The highest BCUT2D eigenvalue weighted by atomic mass is 31.2. The lowest BCUT2D eigenvalue weighted by molar-refractivity contribution is 0.789. The summed E-state index contributed by atoms with van der Waals surface area (Å²) in [5.74, 6) is 0. The van der Waals surface area contributed by atoms with Gasteiger partial charge in [0.15, 0.2) is 0 Å². The maximum Gasteiger partial charge on any atom is 0.0816 e. The first-order valence-corrected chi connectivity index (χ1v) is 11.3. The van der Waals surface area contributed by atoms with Gasteiger partial charge in [-0.05, 0) is 28.9 Å². The van der Waals surface area contributed by atoms with Crippen molar-refractivity contribution in [1.29, 1.82) is 0 Å². The van der Waals surface area contributed by atoms with Gasteiger partial charge in [-0.25, -0.2) is 0 Å². The average molecular weight is 347 g/mol. The first kappa shape index (κ1) is 24.3. The van der Waals surface area contributed by atoms with Gasteiger partial charge in [-0.1, -0.05) is 12.0 Å². The molecule has 0 bridgehead atoms. The number of nitrogens with two attached hydrogens (primary N) is 1. The second kappa shape index (κ2) is 14.5. The Labute approximate surface area is 155 Å². The molecule has 8 atom stereocenters. The quantitative estimate of drug-likeness (QED) is 0.309. The smallest absolute Gasteiger partial charge is 0.0816 e. The molecule has 0 amide bonds. The summed E-state index contributed by atoms with van der Waals surface area (Å²) in [4.78, 5) is 0. The third-order valence-electron chi connectivity index (χ3n) is 3.11. The molecule has 1 nitrogen and oxygen atoms in total. The van der Waals surface area contributed by atoms with Crippen LogP contribution in [0.2, 0.25) is 0 Å². The molecule has 22 heavy (non-hydrogen) atoms. The molecule has 0 aliphatic rings. The Morgan fingerprint density at radius 2 is 1.77 bits per heavy atom. The minimum Gasteiger partial charge on any atom is -0.330 e. The van der Waals surface area contributed by atoms with Crippen molar-refractivity contribution in [3.8, 4) is 0 Å². The molecule has 0 aromatic heterocycles. The standard InChI is InChI=1S/C7H17B10NP4/c8-5(19)21-6(14-9)22-7(16(11)12)20-4(2-1-3-18)17(13)15-10/h4-7,20-22H,1-3,18-19H2. The van der Waals surface area contributed by atoms with Gasteiger partial charge in [-0.3, -0.25) is 0 Å². The van der Waals surface area contributed by atoms with Crippen molar-refractivity contribution in [1.82, 2.24) is 0 Å². The van der Waals surface area contributed by atoms with Crippen LogP contribution in [0, 0.1) is 0 Å². The molecule has 0 aliphatic carbocycles. The molecule has 0 heterocycles. The van der Waals surface area contributed by atoms with Crippen LogP contribution in [0.5, 0.6) is 0 Å². The predicted octanol–water partition coefficient (Wildman–Crippen LogP) is -1.80. The monoisotopic (exact) mass is 349 g/mol. The Morgan fingerprint density at radius 1 is 1.14 bits per heavy atom. The fourth-order valence-electron chi connectivity index (χ4n) is 1.92. The zero-order valence-corrected chi connectivity index (χ0v) is 17.0. The number of hydrogen-bond donors (Lipinski definition) is 1. The molecule has 0 aliphatic heterocycles. The van der Waals surface area contributed by atoms with E-state index in [1.807, 2.05) is 0 Å². The fourth-order valence-corrected chi connectivity index (χ4v) is 9.32. The van der Waals surface area contributed by atoms with E-state index in [9.17, 15) is 0 Å². The van der Waals surface area contributed by atoms with Crippen LogP contribution < -0.4 is 5.73 Å². The van der Waals surface area contributed by atoms with E-state index in [4.69, 9.17) is 52.3 Å². The first-order valence-electron chi connectivity index (χ1n) is 7.22. The van der Waals surface area contributed by atoms with E-state index in [0.29, 0.717) is 32.3 Å². The summed E-state index contributed by atoms with van der Waals surface area (Å²) in [6.45, 7) is 0.0836. The maximum absolute atomic E-state index is 6.10. The van der Waals surface area contributed by atoms with E-state index in [-0.39, 0.29) is 28.0 Å². The van der Waals surface area contributed by atoms with Gasteiger partial charge in [0.05, 0.1) is 28.0 Å². The van der Waals surface area contributed by atoms with Crippen LogP contribution in [0.15, 0.2) is 0 Å². The lowest BCUT2D eigenvalue weighted by Gasteiger charge is -2.32. The van der Waals surface area contributed by atoms with Gasteiger partial charge >= 0.3 is 0 Å². The second-order valence-corrected chi connectivity index (χ2v) is 12.5. The van der Waals surface area contributed by atoms with Gasteiger partial charge in [-0.15, -0.1) is 35.0 Å². The summed E-state index contributed by atoms with van der Waals surface area (Å²) in [6, 6.07) is 0. The summed E-state index contributed by atoms with van der Waals surface area (Å²) < 4.78 is 0. The highest BCUT2D eigenvalue weighted by molar-refractivity contribution is 7.77. The van der Waals surface area contributed by atoms with Crippen LogP contribution in [0.4, 0.5) is 0 Å². The Hall–Kier alpha value is 2.33. The molecule has 0 saturated carbocycles.